The summed E-state index contributed by atoms with van der Waals surface area (Å²) in [6, 6.07) is 8.19. The first-order chi connectivity index (χ1) is 9.91. The number of rotatable bonds is 7. The quantitative estimate of drug-likeness (QED) is 0.773. The fraction of sp³-hybridized carbons (Fsp3) is 0.400. The van der Waals surface area contributed by atoms with Crippen molar-refractivity contribution in [3.05, 3.63) is 35.9 Å². The van der Waals surface area contributed by atoms with E-state index < -0.39 is 12.0 Å². The molecule has 0 radical (unpaired) electrons. The summed E-state index contributed by atoms with van der Waals surface area (Å²) < 4.78 is 0. The lowest BCUT2D eigenvalue weighted by atomic mass is 10.1. The Morgan fingerprint density at radius 3 is 2.38 bits per heavy atom. The maximum Gasteiger partial charge on any atom is 0.326 e. The fourth-order valence-corrected chi connectivity index (χ4v) is 1.89. The van der Waals surface area contributed by atoms with Crippen LogP contribution in [0.15, 0.2) is 30.3 Å². The average Bonchev–Trinajstić information content (AvgIpc) is 2.43. The molecule has 114 valence electrons. The van der Waals surface area contributed by atoms with E-state index in [9.17, 15) is 14.4 Å². The standard InChI is InChI=1S/C15H20N2O4/c1-11(15(20)21)17(9-8-16-12(2)18)14(19)10-13-6-4-3-5-7-13/h3-7,11H,8-10H2,1-2H3,(H,16,18)(H,20,21). The lowest BCUT2D eigenvalue weighted by molar-refractivity contribution is -0.149. The Kier molecular flexibility index (Phi) is 6.39. The molecular formula is C15H20N2O4. The van der Waals surface area contributed by atoms with Crippen molar-refractivity contribution in [2.24, 2.45) is 0 Å². The third-order valence-corrected chi connectivity index (χ3v) is 3.07. The molecule has 0 aliphatic heterocycles. The summed E-state index contributed by atoms with van der Waals surface area (Å²) in [5, 5.41) is 11.7. The van der Waals surface area contributed by atoms with Crippen molar-refractivity contribution in [3.63, 3.8) is 0 Å². The highest BCUT2D eigenvalue weighted by Crippen LogP contribution is 2.06. The molecule has 1 rings (SSSR count). The van der Waals surface area contributed by atoms with Crippen molar-refractivity contribution in [2.75, 3.05) is 13.1 Å². The molecule has 0 aromatic heterocycles. The highest BCUT2D eigenvalue weighted by Gasteiger charge is 2.25. The van der Waals surface area contributed by atoms with Gasteiger partial charge in [0.05, 0.1) is 6.42 Å². The summed E-state index contributed by atoms with van der Waals surface area (Å²) >= 11 is 0. The molecule has 1 atom stereocenters. The highest BCUT2D eigenvalue weighted by atomic mass is 16.4. The Morgan fingerprint density at radius 1 is 1.24 bits per heavy atom. The molecule has 0 aliphatic rings. The van der Waals surface area contributed by atoms with Crippen LogP contribution in [0.3, 0.4) is 0 Å². The van der Waals surface area contributed by atoms with Crippen LogP contribution in [0, 0.1) is 0 Å². The number of carboxylic acids is 1. The maximum absolute atomic E-state index is 12.3. The molecule has 6 heteroatoms. The molecule has 1 unspecified atom stereocenters. The zero-order chi connectivity index (χ0) is 15.8. The summed E-state index contributed by atoms with van der Waals surface area (Å²) in [7, 11) is 0. The SMILES string of the molecule is CC(=O)NCCN(C(=O)Cc1ccccc1)C(C)C(=O)O. The molecule has 1 aromatic carbocycles. The summed E-state index contributed by atoms with van der Waals surface area (Å²) in [6.45, 7) is 3.22. The van der Waals surface area contributed by atoms with Gasteiger partial charge >= 0.3 is 5.97 Å². The van der Waals surface area contributed by atoms with Gasteiger partial charge in [0.1, 0.15) is 6.04 Å². The molecule has 2 N–H and O–H groups in total. The second-order valence-electron chi connectivity index (χ2n) is 4.75. The molecule has 0 bridgehead atoms. The second kappa shape index (κ2) is 8.04. The molecule has 2 amide bonds. The minimum Gasteiger partial charge on any atom is -0.480 e. The van der Waals surface area contributed by atoms with Gasteiger partial charge in [-0.2, -0.15) is 0 Å². The number of carbonyl (C=O) groups excluding carboxylic acids is 2. The molecule has 0 saturated heterocycles. The van der Waals surface area contributed by atoms with Gasteiger partial charge < -0.3 is 15.3 Å². The number of nitrogens with one attached hydrogen (secondary N) is 1. The van der Waals surface area contributed by atoms with E-state index in [1.165, 1.54) is 18.7 Å². The Balaban J connectivity index is 2.72. The topological polar surface area (TPSA) is 86.7 Å². The summed E-state index contributed by atoms with van der Waals surface area (Å²) in [4.78, 5) is 35.5. The first kappa shape index (κ1) is 16.7. The second-order valence-corrected chi connectivity index (χ2v) is 4.75. The molecule has 0 saturated carbocycles. The minimum atomic E-state index is -1.07. The average molecular weight is 292 g/mol. The van der Waals surface area contributed by atoms with Crippen LogP contribution in [0.1, 0.15) is 19.4 Å². The third kappa shape index (κ3) is 5.64. The number of aliphatic carboxylic acids is 1. The Bertz CT molecular complexity index is 502. The van der Waals surface area contributed by atoms with Gasteiger partial charge in [0, 0.05) is 20.0 Å². The third-order valence-electron chi connectivity index (χ3n) is 3.07. The number of carboxylic acid groups (broad SMARTS) is 1. The Labute approximate surface area is 123 Å². The van der Waals surface area contributed by atoms with Gasteiger partial charge in [0.2, 0.25) is 11.8 Å². The van der Waals surface area contributed by atoms with Gasteiger partial charge in [-0.15, -0.1) is 0 Å². The van der Waals surface area contributed by atoms with Gasteiger partial charge in [-0.25, -0.2) is 4.79 Å². The number of hydrogen-bond donors (Lipinski definition) is 2. The van der Waals surface area contributed by atoms with Crippen molar-refractivity contribution >= 4 is 17.8 Å². The van der Waals surface area contributed by atoms with Crippen LogP contribution in [0.5, 0.6) is 0 Å². The summed E-state index contributed by atoms with van der Waals surface area (Å²) in [5.41, 5.74) is 0.824. The van der Waals surface area contributed by atoms with E-state index in [0.717, 1.165) is 5.56 Å². The molecule has 0 heterocycles. The number of hydrogen-bond acceptors (Lipinski definition) is 3. The van der Waals surface area contributed by atoms with Crippen LogP contribution in [0.25, 0.3) is 0 Å². The largest absolute Gasteiger partial charge is 0.480 e. The van der Waals surface area contributed by atoms with Gasteiger partial charge in [-0.1, -0.05) is 30.3 Å². The fourth-order valence-electron chi connectivity index (χ4n) is 1.89. The van der Waals surface area contributed by atoms with E-state index in [1.54, 1.807) is 0 Å². The lowest BCUT2D eigenvalue weighted by Gasteiger charge is -2.26. The highest BCUT2D eigenvalue weighted by molar-refractivity contribution is 5.84. The van der Waals surface area contributed by atoms with Crippen LogP contribution < -0.4 is 5.32 Å². The van der Waals surface area contributed by atoms with Crippen molar-refractivity contribution in [1.82, 2.24) is 10.2 Å². The molecular weight excluding hydrogens is 272 g/mol. The van der Waals surface area contributed by atoms with Crippen molar-refractivity contribution in [2.45, 2.75) is 26.3 Å². The predicted octanol–water partition coefficient (Wildman–Crippen LogP) is 0.667. The van der Waals surface area contributed by atoms with E-state index in [1.807, 2.05) is 30.3 Å². The number of benzene rings is 1. The van der Waals surface area contributed by atoms with Crippen LogP contribution in [-0.4, -0.2) is 46.9 Å². The summed E-state index contributed by atoms with van der Waals surface area (Å²) in [5.74, 6) is -1.56. The number of amides is 2. The molecule has 1 aromatic rings. The van der Waals surface area contributed by atoms with Gasteiger partial charge in [-0.3, -0.25) is 9.59 Å². The van der Waals surface area contributed by atoms with E-state index >= 15 is 0 Å². The van der Waals surface area contributed by atoms with E-state index in [-0.39, 0.29) is 31.3 Å². The minimum absolute atomic E-state index is 0.137. The zero-order valence-electron chi connectivity index (χ0n) is 12.2. The number of nitrogens with zero attached hydrogens (tertiary/aromatic N) is 1. The normalized spacial score (nSPS) is 11.5. The molecule has 0 aliphatic carbocycles. The lowest BCUT2D eigenvalue weighted by Crippen LogP contribution is -2.47. The molecule has 0 spiro atoms. The van der Waals surface area contributed by atoms with Gasteiger partial charge in [0.25, 0.3) is 0 Å². The first-order valence-corrected chi connectivity index (χ1v) is 6.72. The summed E-state index contributed by atoms with van der Waals surface area (Å²) in [6.07, 6.45) is 0.137. The molecule has 0 fully saturated rings. The number of carbonyl (C=O) groups is 3. The van der Waals surface area contributed by atoms with Gasteiger partial charge in [0.15, 0.2) is 0 Å². The Hall–Kier alpha value is -2.37. The maximum atomic E-state index is 12.3. The van der Waals surface area contributed by atoms with Crippen LogP contribution >= 0.6 is 0 Å². The van der Waals surface area contributed by atoms with Crippen molar-refractivity contribution < 1.29 is 19.5 Å². The Morgan fingerprint density at radius 2 is 1.86 bits per heavy atom. The molecule has 6 nitrogen and oxygen atoms in total. The first-order valence-electron chi connectivity index (χ1n) is 6.72. The van der Waals surface area contributed by atoms with E-state index in [0.29, 0.717) is 0 Å². The van der Waals surface area contributed by atoms with E-state index in [2.05, 4.69) is 5.32 Å². The van der Waals surface area contributed by atoms with Gasteiger partial charge in [-0.05, 0) is 12.5 Å². The predicted molar refractivity (Wildman–Crippen MR) is 77.6 cm³/mol. The molecule has 21 heavy (non-hydrogen) atoms. The van der Waals surface area contributed by atoms with Crippen LogP contribution in [0.4, 0.5) is 0 Å². The van der Waals surface area contributed by atoms with Crippen molar-refractivity contribution in [1.29, 1.82) is 0 Å². The van der Waals surface area contributed by atoms with E-state index in [4.69, 9.17) is 5.11 Å². The van der Waals surface area contributed by atoms with Crippen LogP contribution in [0.2, 0.25) is 0 Å². The zero-order valence-corrected chi connectivity index (χ0v) is 12.2. The smallest absolute Gasteiger partial charge is 0.326 e. The van der Waals surface area contributed by atoms with Crippen molar-refractivity contribution in [3.8, 4) is 0 Å². The van der Waals surface area contributed by atoms with Crippen LogP contribution in [-0.2, 0) is 20.8 Å². The monoisotopic (exact) mass is 292 g/mol.